The third-order valence-electron chi connectivity index (χ3n) is 6.41. The average molecular weight is 548 g/mol. The van der Waals surface area contributed by atoms with Crippen molar-refractivity contribution in [1.29, 1.82) is 0 Å². The minimum Gasteiger partial charge on any atom is -0.494 e. The molecule has 0 aliphatic carbocycles. The lowest BCUT2D eigenvalue weighted by Crippen LogP contribution is -2.29. The topological polar surface area (TPSA) is 42.3 Å². The van der Waals surface area contributed by atoms with Gasteiger partial charge in [-0.05, 0) is 109 Å². The summed E-state index contributed by atoms with van der Waals surface area (Å²) in [4.78, 5) is 6.89. The van der Waals surface area contributed by atoms with Crippen molar-refractivity contribution in [3.63, 3.8) is 0 Å². The summed E-state index contributed by atoms with van der Waals surface area (Å²) in [5.41, 5.74) is 6.62. The molecule has 5 rings (SSSR count). The van der Waals surface area contributed by atoms with Crippen LogP contribution < -0.4 is 15.0 Å². The van der Waals surface area contributed by atoms with Crippen molar-refractivity contribution in [2.45, 2.75) is 32.9 Å². The molecule has 1 N–H and O–H groups in total. The van der Waals surface area contributed by atoms with Gasteiger partial charge in [-0.2, -0.15) is 0 Å². The SMILES string of the molecule is CCOc1ccc(N2C(=S)N[C@H](c3ccccn3)[C@H]2c2cc(C)n(-c3ccccc3Br)c2C)cc1. The number of halogens is 1. The van der Waals surface area contributed by atoms with E-state index >= 15 is 0 Å². The van der Waals surface area contributed by atoms with Crippen LogP contribution in [0.2, 0.25) is 0 Å². The molecule has 0 amide bonds. The minimum atomic E-state index is -0.0940. The van der Waals surface area contributed by atoms with Crippen LogP contribution in [-0.2, 0) is 0 Å². The summed E-state index contributed by atoms with van der Waals surface area (Å²) < 4.78 is 9.02. The number of anilines is 1. The molecule has 2 aromatic heterocycles. The molecule has 1 fully saturated rings. The molecule has 1 aliphatic heterocycles. The van der Waals surface area contributed by atoms with Gasteiger partial charge in [0.1, 0.15) is 5.75 Å². The fourth-order valence-electron chi connectivity index (χ4n) is 4.91. The molecule has 5 nitrogen and oxygen atoms in total. The number of benzene rings is 2. The summed E-state index contributed by atoms with van der Waals surface area (Å²) in [6.07, 6.45) is 1.83. The van der Waals surface area contributed by atoms with Crippen LogP contribution in [0, 0.1) is 13.8 Å². The number of ether oxygens (including phenoxy) is 1. The maximum absolute atomic E-state index is 5.90. The Balaban J connectivity index is 1.65. The highest BCUT2D eigenvalue weighted by Crippen LogP contribution is 2.44. The largest absolute Gasteiger partial charge is 0.494 e. The number of aryl methyl sites for hydroxylation is 1. The van der Waals surface area contributed by atoms with Crippen LogP contribution in [0.3, 0.4) is 0 Å². The lowest BCUT2D eigenvalue weighted by Gasteiger charge is -2.28. The fraction of sp³-hybridized carbons (Fsp3) is 0.214. The predicted molar refractivity (Wildman–Crippen MR) is 148 cm³/mol. The summed E-state index contributed by atoms with van der Waals surface area (Å²) in [6, 6.07) is 24.6. The highest BCUT2D eigenvalue weighted by Gasteiger charge is 2.42. The molecule has 2 atom stereocenters. The molecule has 178 valence electrons. The van der Waals surface area contributed by atoms with E-state index in [4.69, 9.17) is 17.0 Å². The van der Waals surface area contributed by atoms with E-state index in [0.29, 0.717) is 11.7 Å². The van der Waals surface area contributed by atoms with Gasteiger partial charge >= 0.3 is 0 Å². The number of thiocarbonyl (C=S) groups is 1. The summed E-state index contributed by atoms with van der Waals surface area (Å²) in [7, 11) is 0. The number of rotatable bonds is 6. The first kappa shape index (κ1) is 23.6. The smallest absolute Gasteiger partial charge is 0.174 e. The molecular formula is C28H27BrN4OS. The Labute approximate surface area is 219 Å². The van der Waals surface area contributed by atoms with Gasteiger partial charge in [0.2, 0.25) is 0 Å². The zero-order chi connectivity index (χ0) is 24.5. The van der Waals surface area contributed by atoms with E-state index in [-0.39, 0.29) is 12.1 Å². The summed E-state index contributed by atoms with van der Waals surface area (Å²) in [5, 5.41) is 4.24. The normalized spacial score (nSPS) is 17.5. The van der Waals surface area contributed by atoms with Gasteiger partial charge in [0.05, 0.1) is 30.1 Å². The maximum Gasteiger partial charge on any atom is 0.174 e. The number of nitrogens with zero attached hydrogens (tertiary/aromatic N) is 3. The second-order valence-electron chi connectivity index (χ2n) is 8.54. The molecule has 35 heavy (non-hydrogen) atoms. The molecule has 0 spiro atoms. The second-order valence-corrected chi connectivity index (χ2v) is 9.78. The van der Waals surface area contributed by atoms with E-state index in [0.717, 1.165) is 33.0 Å². The van der Waals surface area contributed by atoms with E-state index in [1.165, 1.54) is 11.3 Å². The summed E-state index contributed by atoms with van der Waals surface area (Å²) in [6.45, 7) is 6.94. The van der Waals surface area contributed by atoms with E-state index < -0.39 is 0 Å². The molecule has 1 saturated heterocycles. The van der Waals surface area contributed by atoms with Crippen molar-refractivity contribution >= 4 is 38.9 Å². The molecule has 0 bridgehead atoms. The highest BCUT2D eigenvalue weighted by molar-refractivity contribution is 9.10. The van der Waals surface area contributed by atoms with E-state index in [2.05, 4.69) is 92.0 Å². The minimum absolute atomic E-state index is 0.0715. The zero-order valence-electron chi connectivity index (χ0n) is 19.9. The summed E-state index contributed by atoms with van der Waals surface area (Å²) in [5.74, 6) is 0.847. The van der Waals surface area contributed by atoms with E-state index in [9.17, 15) is 0 Å². The number of nitrogens with one attached hydrogen (secondary N) is 1. The average Bonchev–Trinajstić information content (AvgIpc) is 3.36. The first-order valence-electron chi connectivity index (χ1n) is 11.7. The van der Waals surface area contributed by atoms with Gasteiger partial charge in [0, 0.05) is 27.7 Å². The van der Waals surface area contributed by atoms with Crippen LogP contribution in [0.5, 0.6) is 5.75 Å². The molecule has 0 radical (unpaired) electrons. The van der Waals surface area contributed by atoms with Crippen molar-refractivity contribution < 1.29 is 4.74 Å². The molecule has 0 saturated carbocycles. The van der Waals surface area contributed by atoms with Gasteiger partial charge in [0.25, 0.3) is 0 Å². The molecule has 0 unspecified atom stereocenters. The number of para-hydroxylation sites is 1. The van der Waals surface area contributed by atoms with Crippen molar-refractivity contribution in [3.05, 3.63) is 106 Å². The number of hydrogen-bond acceptors (Lipinski definition) is 3. The number of aromatic nitrogens is 2. The molecule has 2 aromatic carbocycles. The van der Waals surface area contributed by atoms with Gasteiger partial charge in [-0.1, -0.05) is 18.2 Å². The Morgan fingerprint density at radius 1 is 1.03 bits per heavy atom. The quantitative estimate of drug-likeness (QED) is 0.268. The molecular weight excluding hydrogens is 520 g/mol. The van der Waals surface area contributed by atoms with Gasteiger partial charge < -0.3 is 19.5 Å². The van der Waals surface area contributed by atoms with Crippen molar-refractivity contribution in [3.8, 4) is 11.4 Å². The van der Waals surface area contributed by atoms with Gasteiger partial charge in [-0.3, -0.25) is 4.98 Å². The maximum atomic E-state index is 5.90. The van der Waals surface area contributed by atoms with E-state index in [1.54, 1.807) is 0 Å². The van der Waals surface area contributed by atoms with Crippen molar-refractivity contribution in [1.82, 2.24) is 14.9 Å². The lowest BCUT2D eigenvalue weighted by molar-refractivity contribution is 0.340. The number of hydrogen-bond donors (Lipinski definition) is 1. The Morgan fingerprint density at radius 2 is 1.77 bits per heavy atom. The third kappa shape index (κ3) is 4.34. The Kier molecular flexibility index (Phi) is 6.62. The van der Waals surface area contributed by atoms with Crippen LogP contribution in [0.4, 0.5) is 5.69 Å². The second kappa shape index (κ2) is 9.84. The highest BCUT2D eigenvalue weighted by atomic mass is 79.9. The van der Waals surface area contributed by atoms with Crippen molar-refractivity contribution in [2.75, 3.05) is 11.5 Å². The Hall–Kier alpha value is -3.16. The third-order valence-corrected chi connectivity index (χ3v) is 7.39. The van der Waals surface area contributed by atoms with Gasteiger partial charge in [-0.25, -0.2) is 0 Å². The standard InChI is InChI=1S/C28H27BrN4OS/c1-4-34-21-14-12-20(13-15-21)33-27(26(31-28(33)35)24-10-7-8-16-30-24)22-17-18(2)32(19(22)3)25-11-6-5-9-23(25)29/h5-17,26-27H,4H2,1-3H3,(H,31,35)/t26-,27-/m1/s1. The van der Waals surface area contributed by atoms with E-state index in [1.807, 2.05) is 43.5 Å². The predicted octanol–water partition coefficient (Wildman–Crippen LogP) is 6.83. The molecule has 4 aromatic rings. The van der Waals surface area contributed by atoms with Crippen LogP contribution in [0.15, 0.2) is 83.5 Å². The number of pyridine rings is 1. The van der Waals surface area contributed by atoms with Crippen molar-refractivity contribution in [2.24, 2.45) is 0 Å². The monoisotopic (exact) mass is 546 g/mol. The zero-order valence-corrected chi connectivity index (χ0v) is 22.3. The Morgan fingerprint density at radius 3 is 2.46 bits per heavy atom. The van der Waals surface area contributed by atoms with Crippen LogP contribution in [-0.4, -0.2) is 21.3 Å². The van der Waals surface area contributed by atoms with Crippen LogP contribution in [0.25, 0.3) is 5.69 Å². The summed E-state index contributed by atoms with van der Waals surface area (Å²) >= 11 is 9.63. The Bertz CT molecular complexity index is 1350. The molecule has 1 aliphatic rings. The van der Waals surface area contributed by atoms with Gasteiger partial charge in [-0.15, -0.1) is 0 Å². The van der Waals surface area contributed by atoms with Crippen LogP contribution in [0.1, 0.15) is 41.7 Å². The first-order chi connectivity index (χ1) is 17.0. The molecule has 7 heteroatoms. The fourth-order valence-corrected chi connectivity index (χ4v) is 5.72. The van der Waals surface area contributed by atoms with Gasteiger partial charge in [0.15, 0.2) is 5.11 Å². The molecule has 3 heterocycles. The first-order valence-corrected chi connectivity index (χ1v) is 12.9. The lowest BCUT2D eigenvalue weighted by atomic mass is 9.96. The van der Waals surface area contributed by atoms with Crippen LogP contribution >= 0.6 is 28.1 Å².